The maximum Gasteiger partial charge on any atom is 0.255 e. The molecule has 140 valence electrons. The standard InChI is InChI=1S/C25H18N2O2/c28-25(27-23-13-12-17-6-1-2-9-20(17)23)18-7-5-8-19(16-18)29-24-14-15-26-22-11-4-3-10-21(22)24/h1-11,13-16H,12H2,(H,27,28). The molecule has 0 bridgehead atoms. The molecule has 1 amide bonds. The van der Waals surface area contributed by atoms with E-state index in [9.17, 15) is 4.79 Å². The molecule has 4 nitrogen and oxygen atoms in total. The number of carbonyl (C=O) groups excluding carboxylic acids is 1. The summed E-state index contributed by atoms with van der Waals surface area (Å²) in [6.07, 6.45) is 4.61. The van der Waals surface area contributed by atoms with Crippen LogP contribution < -0.4 is 10.1 Å². The van der Waals surface area contributed by atoms with Crippen LogP contribution in [0.25, 0.3) is 16.6 Å². The van der Waals surface area contributed by atoms with Gasteiger partial charge in [0.05, 0.1) is 5.52 Å². The smallest absolute Gasteiger partial charge is 0.255 e. The van der Waals surface area contributed by atoms with Crippen LogP contribution in [0.1, 0.15) is 21.5 Å². The molecule has 1 heterocycles. The molecule has 3 aromatic carbocycles. The molecule has 1 aromatic heterocycles. The van der Waals surface area contributed by atoms with Crippen LogP contribution in [0.4, 0.5) is 0 Å². The number of hydrogen-bond acceptors (Lipinski definition) is 3. The lowest BCUT2D eigenvalue weighted by molar-refractivity contribution is 0.0973. The lowest BCUT2D eigenvalue weighted by Gasteiger charge is -2.11. The van der Waals surface area contributed by atoms with Crippen molar-refractivity contribution in [1.29, 1.82) is 0 Å². The van der Waals surface area contributed by atoms with Gasteiger partial charge in [-0.1, -0.05) is 48.5 Å². The van der Waals surface area contributed by atoms with E-state index >= 15 is 0 Å². The third kappa shape index (κ3) is 3.36. The van der Waals surface area contributed by atoms with Crippen LogP contribution in [-0.4, -0.2) is 10.9 Å². The van der Waals surface area contributed by atoms with Crippen molar-refractivity contribution in [2.45, 2.75) is 6.42 Å². The van der Waals surface area contributed by atoms with Crippen molar-refractivity contribution in [3.8, 4) is 11.5 Å². The van der Waals surface area contributed by atoms with Crippen molar-refractivity contribution < 1.29 is 9.53 Å². The van der Waals surface area contributed by atoms with Crippen LogP contribution in [0, 0.1) is 0 Å². The average molecular weight is 378 g/mol. The van der Waals surface area contributed by atoms with Gasteiger partial charge in [-0.15, -0.1) is 0 Å². The van der Waals surface area contributed by atoms with Gasteiger partial charge in [0.25, 0.3) is 5.91 Å². The van der Waals surface area contributed by atoms with Gasteiger partial charge >= 0.3 is 0 Å². The number of aromatic nitrogens is 1. The molecule has 0 unspecified atom stereocenters. The maximum absolute atomic E-state index is 12.8. The third-order valence-corrected chi connectivity index (χ3v) is 5.01. The van der Waals surface area contributed by atoms with E-state index in [0.717, 1.165) is 28.6 Å². The molecule has 5 rings (SSSR count). The first kappa shape index (κ1) is 17.2. The van der Waals surface area contributed by atoms with Crippen molar-refractivity contribution in [3.05, 3.63) is 108 Å². The fourth-order valence-corrected chi connectivity index (χ4v) is 3.58. The summed E-state index contributed by atoms with van der Waals surface area (Å²) in [7, 11) is 0. The SMILES string of the molecule is O=C(NC1=CCc2ccccc21)c1cccc(Oc2ccnc3ccccc23)c1. The minimum absolute atomic E-state index is 0.155. The first-order valence-electron chi connectivity index (χ1n) is 9.49. The lowest BCUT2D eigenvalue weighted by atomic mass is 10.1. The molecule has 29 heavy (non-hydrogen) atoms. The number of amides is 1. The first-order valence-corrected chi connectivity index (χ1v) is 9.49. The fourth-order valence-electron chi connectivity index (χ4n) is 3.58. The molecular weight excluding hydrogens is 360 g/mol. The van der Waals surface area contributed by atoms with E-state index in [1.807, 2.05) is 66.7 Å². The molecule has 0 saturated heterocycles. The van der Waals surface area contributed by atoms with Gasteiger partial charge in [-0.25, -0.2) is 0 Å². The zero-order chi connectivity index (χ0) is 19.6. The number of fused-ring (bicyclic) bond motifs is 2. The molecule has 4 aromatic rings. The van der Waals surface area contributed by atoms with Crippen molar-refractivity contribution in [3.63, 3.8) is 0 Å². The Morgan fingerprint density at radius 2 is 1.79 bits per heavy atom. The predicted molar refractivity (Wildman–Crippen MR) is 114 cm³/mol. The average Bonchev–Trinajstić information content (AvgIpc) is 3.17. The molecule has 4 heteroatoms. The molecule has 1 aliphatic carbocycles. The van der Waals surface area contributed by atoms with E-state index in [-0.39, 0.29) is 5.91 Å². The summed E-state index contributed by atoms with van der Waals surface area (Å²) in [4.78, 5) is 17.2. The maximum atomic E-state index is 12.8. The molecule has 1 N–H and O–H groups in total. The van der Waals surface area contributed by atoms with Gasteiger partial charge in [-0.2, -0.15) is 0 Å². The summed E-state index contributed by atoms with van der Waals surface area (Å²) in [6, 6.07) is 25.0. The second-order valence-corrected chi connectivity index (χ2v) is 6.89. The Labute approximate surface area is 168 Å². The number of benzene rings is 3. The summed E-state index contributed by atoms with van der Waals surface area (Å²) < 4.78 is 6.07. The molecule has 0 saturated carbocycles. The summed E-state index contributed by atoms with van der Waals surface area (Å²) in [6.45, 7) is 0. The van der Waals surface area contributed by atoms with E-state index in [1.54, 1.807) is 18.3 Å². The number of allylic oxidation sites excluding steroid dienone is 1. The monoisotopic (exact) mass is 378 g/mol. The summed E-state index contributed by atoms with van der Waals surface area (Å²) in [5.41, 5.74) is 4.58. The zero-order valence-corrected chi connectivity index (χ0v) is 15.6. The van der Waals surface area contributed by atoms with E-state index < -0.39 is 0 Å². The molecule has 0 fully saturated rings. The number of hydrogen-bond donors (Lipinski definition) is 1. The highest BCUT2D eigenvalue weighted by molar-refractivity contribution is 6.00. The summed E-state index contributed by atoms with van der Waals surface area (Å²) >= 11 is 0. The number of nitrogens with one attached hydrogen (secondary N) is 1. The van der Waals surface area contributed by atoms with Gasteiger partial charge in [0.1, 0.15) is 11.5 Å². The minimum Gasteiger partial charge on any atom is -0.457 e. The van der Waals surface area contributed by atoms with E-state index in [2.05, 4.69) is 16.4 Å². The van der Waals surface area contributed by atoms with Crippen molar-refractivity contribution >= 4 is 22.5 Å². The van der Waals surface area contributed by atoms with Gasteiger partial charge in [-0.05, 0) is 48.4 Å². The van der Waals surface area contributed by atoms with Gasteiger partial charge in [-0.3, -0.25) is 9.78 Å². The van der Waals surface area contributed by atoms with Gasteiger partial charge < -0.3 is 10.1 Å². The second kappa shape index (κ2) is 7.24. The Bertz CT molecular complexity index is 1260. The number of pyridine rings is 1. The summed E-state index contributed by atoms with van der Waals surface area (Å²) in [5.74, 6) is 1.16. The Kier molecular flexibility index (Phi) is 4.30. The second-order valence-electron chi connectivity index (χ2n) is 6.89. The van der Waals surface area contributed by atoms with Crippen LogP contribution in [0.15, 0.2) is 91.1 Å². The van der Waals surface area contributed by atoms with Crippen molar-refractivity contribution in [1.82, 2.24) is 10.3 Å². The largest absolute Gasteiger partial charge is 0.457 e. The van der Waals surface area contributed by atoms with Crippen LogP contribution in [-0.2, 0) is 6.42 Å². The predicted octanol–water partition coefficient (Wildman–Crippen LogP) is 5.35. The Hall–Kier alpha value is -3.92. The molecule has 0 aliphatic heterocycles. The summed E-state index contributed by atoms with van der Waals surface area (Å²) in [5, 5.41) is 3.96. The lowest BCUT2D eigenvalue weighted by Crippen LogP contribution is -2.21. The van der Waals surface area contributed by atoms with Crippen LogP contribution in [0.3, 0.4) is 0 Å². The molecule has 0 radical (unpaired) electrons. The van der Waals surface area contributed by atoms with Crippen LogP contribution in [0.2, 0.25) is 0 Å². The zero-order valence-electron chi connectivity index (χ0n) is 15.6. The number of nitrogens with zero attached hydrogens (tertiary/aromatic N) is 1. The van der Waals surface area contributed by atoms with Crippen LogP contribution in [0.5, 0.6) is 11.5 Å². The third-order valence-electron chi connectivity index (χ3n) is 5.01. The number of carbonyl (C=O) groups is 1. The van der Waals surface area contributed by atoms with Gasteiger partial charge in [0.2, 0.25) is 0 Å². The van der Waals surface area contributed by atoms with Crippen molar-refractivity contribution in [2.75, 3.05) is 0 Å². The van der Waals surface area contributed by atoms with E-state index in [0.29, 0.717) is 17.1 Å². The van der Waals surface area contributed by atoms with Gasteiger partial charge in [0, 0.05) is 28.4 Å². The topological polar surface area (TPSA) is 51.2 Å². The minimum atomic E-state index is -0.155. The molecule has 0 atom stereocenters. The van der Waals surface area contributed by atoms with Crippen molar-refractivity contribution in [2.24, 2.45) is 0 Å². The highest BCUT2D eigenvalue weighted by atomic mass is 16.5. The Morgan fingerprint density at radius 1 is 0.931 bits per heavy atom. The molecular formula is C25H18N2O2. The molecule has 0 spiro atoms. The number of rotatable bonds is 4. The van der Waals surface area contributed by atoms with E-state index in [1.165, 1.54) is 5.56 Å². The Morgan fingerprint density at radius 3 is 2.76 bits per heavy atom. The van der Waals surface area contributed by atoms with Crippen LogP contribution >= 0.6 is 0 Å². The highest BCUT2D eigenvalue weighted by Gasteiger charge is 2.16. The number of ether oxygens (including phenoxy) is 1. The number of para-hydroxylation sites is 1. The highest BCUT2D eigenvalue weighted by Crippen LogP contribution is 2.29. The Balaban J connectivity index is 1.38. The quantitative estimate of drug-likeness (QED) is 0.520. The normalized spacial score (nSPS) is 12.3. The van der Waals surface area contributed by atoms with E-state index in [4.69, 9.17) is 4.74 Å². The van der Waals surface area contributed by atoms with Gasteiger partial charge in [0.15, 0.2) is 0 Å². The fraction of sp³-hybridized carbons (Fsp3) is 0.0400. The molecule has 1 aliphatic rings. The first-order chi connectivity index (χ1) is 14.3.